The Morgan fingerprint density at radius 2 is 1.92 bits per heavy atom. The van der Waals surface area contributed by atoms with Crippen LogP contribution in [-0.2, 0) is 4.79 Å². The Kier molecular flexibility index (Phi) is 6.01. The normalized spacial score (nSPS) is 17.0. The number of nitrogens with zero attached hydrogens (tertiary/aromatic N) is 1. The van der Waals surface area contributed by atoms with Crippen LogP contribution in [0.4, 0.5) is 0 Å². The number of rotatable bonds is 1. The van der Waals surface area contributed by atoms with Crippen molar-refractivity contribution in [2.24, 2.45) is 0 Å². The molecule has 0 unspecified atom stereocenters. The highest BCUT2D eigenvalue weighted by molar-refractivity contribution is 7.18. The van der Waals surface area contributed by atoms with Crippen LogP contribution in [0.3, 0.4) is 0 Å². The van der Waals surface area contributed by atoms with E-state index in [-0.39, 0.29) is 5.91 Å². The predicted molar refractivity (Wildman–Crippen MR) is 60.9 cm³/mol. The monoisotopic (exact) mass is 241 g/mol. The standard InChI is InChI=1S/C5H8ClNO.C3H9ClSi/c6-4-7-3-1-2-5(7)8;1-5(2,3)4/h1-4H2;1-3H3. The van der Waals surface area contributed by atoms with Crippen molar-refractivity contribution in [2.75, 3.05) is 12.5 Å². The number of hydrogen-bond acceptors (Lipinski definition) is 1. The van der Waals surface area contributed by atoms with Crippen molar-refractivity contribution < 1.29 is 4.79 Å². The Balaban J connectivity index is 0.000000252. The van der Waals surface area contributed by atoms with E-state index < -0.39 is 7.38 Å². The highest BCUT2D eigenvalue weighted by Crippen LogP contribution is 2.08. The lowest BCUT2D eigenvalue weighted by molar-refractivity contribution is -0.126. The molecule has 0 aromatic rings. The molecule has 1 amide bonds. The summed E-state index contributed by atoms with van der Waals surface area (Å²) in [7, 11) is -1.14. The molecular formula is C8H17Cl2NOSi. The zero-order chi connectivity index (χ0) is 10.5. The van der Waals surface area contributed by atoms with Gasteiger partial charge in [0.05, 0.1) is 6.00 Å². The van der Waals surface area contributed by atoms with Gasteiger partial charge in [-0.2, -0.15) is 11.1 Å². The third-order valence-corrected chi connectivity index (χ3v) is 1.60. The Morgan fingerprint density at radius 3 is 2.08 bits per heavy atom. The van der Waals surface area contributed by atoms with Gasteiger partial charge in [0.15, 0.2) is 0 Å². The van der Waals surface area contributed by atoms with Crippen molar-refractivity contribution in [3.63, 3.8) is 0 Å². The number of carbonyl (C=O) groups excluding carboxylic acids is 1. The second kappa shape index (κ2) is 5.88. The number of alkyl halides is 1. The number of amides is 1. The Hall–Kier alpha value is 0.267. The van der Waals surface area contributed by atoms with E-state index >= 15 is 0 Å². The highest BCUT2D eigenvalue weighted by atomic mass is 35.6. The predicted octanol–water partition coefficient (Wildman–Crippen LogP) is 2.87. The van der Waals surface area contributed by atoms with Gasteiger partial charge in [-0.05, 0) is 6.42 Å². The molecule has 0 N–H and O–H groups in total. The van der Waals surface area contributed by atoms with Crippen LogP contribution >= 0.6 is 22.7 Å². The molecular weight excluding hydrogens is 225 g/mol. The lowest BCUT2D eigenvalue weighted by atomic mass is 10.4. The number of carbonyl (C=O) groups is 1. The maximum atomic E-state index is 10.6. The van der Waals surface area contributed by atoms with Gasteiger partial charge in [0, 0.05) is 13.0 Å². The van der Waals surface area contributed by atoms with Crippen molar-refractivity contribution in [1.29, 1.82) is 0 Å². The van der Waals surface area contributed by atoms with E-state index in [1.54, 1.807) is 4.90 Å². The van der Waals surface area contributed by atoms with Crippen LogP contribution < -0.4 is 0 Å². The summed E-state index contributed by atoms with van der Waals surface area (Å²) in [5.41, 5.74) is 0. The summed E-state index contributed by atoms with van der Waals surface area (Å²) in [6, 6.07) is 0.360. The third kappa shape index (κ3) is 8.59. The third-order valence-electron chi connectivity index (χ3n) is 1.32. The van der Waals surface area contributed by atoms with Gasteiger partial charge < -0.3 is 4.90 Å². The summed E-state index contributed by atoms with van der Waals surface area (Å²) < 4.78 is 0. The largest absolute Gasteiger partial charge is 0.329 e. The van der Waals surface area contributed by atoms with E-state index in [9.17, 15) is 4.79 Å². The van der Waals surface area contributed by atoms with Crippen LogP contribution in [0.15, 0.2) is 0 Å². The van der Waals surface area contributed by atoms with Crippen LogP contribution in [0, 0.1) is 0 Å². The minimum absolute atomic E-state index is 0.194. The van der Waals surface area contributed by atoms with E-state index in [4.69, 9.17) is 22.7 Å². The molecule has 1 saturated heterocycles. The maximum Gasteiger partial charge on any atom is 0.223 e. The van der Waals surface area contributed by atoms with Crippen molar-refractivity contribution in [3.05, 3.63) is 0 Å². The molecule has 0 aromatic carbocycles. The summed E-state index contributed by atoms with van der Waals surface area (Å²) in [6.07, 6.45) is 1.66. The Labute approximate surface area is 90.9 Å². The van der Waals surface area contributed by atoms with E-state index in [0.717, 1.165) is 13.0 Å². The summed E-state index contributed by atoms with van der Waals surface area (Å²) in [5.74, 6) is 0.194. The number of likely N-dealkylation sites (tertiary alicyclic amines) is 1. The van der Waals surface area contributed by atoms with Crippen molar-refractivity contribution in [3.8, 4) is 0 Å². The first-order chi connectivity index (χ1) is 5.84. The van der Waals surface area contributed by atoms with Crippen molar-refractivity contribution in [1.82, 2.24) is 4.90 Å². The maximum absolute atomic E-state index is 10.6. The van der Waals surface area contributed by atoms with E-state index in [0.29, 0.717) is 12.4 Å². The molecule has 0 aliphatic carbocycles. The van der Waals surface area contributed by atoms with Gasteiger partial charge in [-0.15, -0.1) is 11.6 Å². The number of halogens is 2. The summed E-state index contributed by atoms with van der Waals surface area (Å²) >= 11 is 11.1. The van der Waals surface area contributed by atoms with Gasteiger partial charge in [0.2, 0.25) is 5.91 Å². The fraction of sp³-hybridized carbons (Fsp3) is 0.875. The van der Waals surface area contributed by atoms with Gasteiger partial charge in [0.25, 0.3) is 0 Å². The Bertz CT molecular complexity index is 164. The van der Waals surface area contributed by atoms with E-state index in [2.05, 4.69) is 19.6 Å². The SMILES string of the molecule is C[Si](C)(C)Cl.O=C1CCCN1CCl. The molecule has 1 aliphatic rings. The van der Waals surface area contributed by atoms with Gasteiger partial charge in [-0.25, -0.2) is 0 Å². The van der Waals surface area contributed by atoms with Gasteiger partial charge >= 0.3 is 0 Å². The zero-order valence-corrected chi connectivity index (χ0v) is 11.0. The summed E-state index contributed by atoms with van der Waals surface area (Å²) in [6.45, 7) is 7.13. The minimum atomic E-state index is -1.14. The fourth-order valence-electron chi connectivity index (χ4n) is 0.830. The quantitative estimate of drug-likeness (QED) is 0.299. The smallest absolute Gasteiger partial charge is 0.223 e. The average Bonchev–Trinajstić information content (AvgIpc) is 2.31. The van der Waals surface area contributed by atoms with Crippen molar-refractivity contribution >= 4 is 36.0 Å². The zero-order valence-electron chi connectivity index (χ0n) is 8.44. The minimum Gasteiger partial charge on any atom is -0.329 e. The lowest BCUT2D eigenvalue weighted by Crippen LogP contribution is -2.22. The van der Waals surface area contributed by atoms with Crippen LogP contribution in [-0.4, -0.2) is 30.7 Å². The first kappa shape index (κ1) is 13.3. The molecule has 1 fully saturated rings. The molecule has 5 heteroatoms. The highest BCUT2D eigenvalue weighted by Gasteiger charge is 2.17. The molecule has 13 heavy (non-hydrogen) atoms. The Morgan fingerprint density at radius 1 is 1.46 bits per heavy atom. The lowest BCUT2D eigenvalue weighted by Gasteiger charge is -2.08. The van der Waals surface area contributed by atoms with Gasteiger partial charge in [-0.3, -0.25) is 4.79 Å². The second-order valence-corrected chi connectivity index (χ2v) is 11.7. The van der Waals surface area contributed by atoms with E-state index in [1.165, 1.54) is 0 Å². The average molecular weight is 242 g/mol. The number of hydrogen-bond donors (Lipinski definition) is 0. The van der Waals surface area contributed by atoms with Gasteiger partial charge in [0.1, 0.15) is 7.38 Å². The topological polar surface area (TPSA) is 20.3 Å². The van der Waals surface area contributed by atoms with Crippen LogP contribution in [0.25, 0.3) is 0 Å². The molecule has 1 heterocycles. The molecule has 0 spiro atoms. The molecule has 0 saturated carbocycles. The van der Waals surface area contributed by atoms with Crippen LogP contribution in [0.5, 0.6) is 0 Å². The molecule has 0 radical (unpaired) electrons. The van der Waals surface area contributed by atoms with Crippen LogP contribution in [0.1, 0.15) is 12.8 Å². The molecule has 0 aromatic heterocycles. The molecule has 0 bridgehead atoms. The summed E-state index contributed by atoms with van der Waals surface area (Å²) in [4.78, 5) is 12.3. The fourth-order valence-corrected chi connectivity index (χ4v) is 1.08. The van der Waals surface area contributed by atoms with E-state index in [1.807, 2.05) is 0 Å². The molecule has 1 aliphatic heterocycles. The van der Waals surface area contributed by atoms with Crippen molar-refractivity contribution in [2.45, 2.75) is 32.5 Å². The molecule has 0 atom stereocenters. The summed E-state index contributed by atoms with van der Waals surface area (Å²) in [5, 5.41) is 0. The molecule has 2 nitrogen and oxygen atoms in total. The molecule has 78 valence electrons. The van der Waals surface area contributed by atoms with Crippen LogP contribution in [0.2, 0.25) is 19.6 Å². The second-order valence-electron chi connectivity index (χ2n) is 3.95. The van der Waals surface area contributed by atoms with Gasteiger partial charge in [-0.1, -0.05) is 19.6 Å². The first-order valence-electron chi connectivity index (χ1n) is 4.37. The molecule has 1 rings (SSSR count). The first-order valence-corrected chi connectivity index (χ1v) is 9.42.